The van der Waals surface area contributed by atoms with E-state index in [0.717, 1.165) is 66.9 Å². The number of amides is 1. The third-order valence-electron chi connectivity index (χ3n) is 7.41. The number of rotatable bonds is 8. The van der Waals surface area contributed by atoms with E-state index in [1.54, 1.807) is 22.7 Å². The number of likely N-dealkylation sites (tertiary alicyclic amines) is 1. The Bertz CT molecular complexity index is 1620. The van der Waals surface area contributed by atoms with Crippen LogP contribution in [0.4, 0.5) is 11.5 Å². The summed E-state index contributed by atoms with van der Waals surface area (Å²) in [5.74, 6) is 1.26. The molecule has 1 atom stereocenters. The van der Waals surface area contributed by atoms with Crippen molar-refractivity contribution in [3.8, 4) is 0 Å². The predicted octanol–water partition coefficient (Wildman–Crippen LogP) is 4.15. The van der Waals surface area contributed by atoms with Gasteiger partial charge in [-0.2, -0.15) is 5.10 Å². The fraction of sp³-hybridized carbons (Fsp3) is 0.500. The molecule has 0 unspecified atom stereocenters. The van der Waals surface area contributed by atoms with Gasteiger partial charge in [0.25, 0.3) is 5.91 Å². The lowest BCUT2D eigenvalue weighted by atomic mass is 9.97. The van der Waals surface area contributed by atoms with Crippen LogP contribution < -0.4 is 14.9 Å². The lowest BCUT2D eigenvalue weighted by Crippen LogP contribution is -2.58. The third kappa shape index (κ3) is 6.64. The van der Waals surface area contributed by atoms with E-state index < -0.39 is 10.0 Å². The zero-order valence-corrected chi connectivity index (χ0v) is 26.1. The standard InChI is InChI=1S/C30H41N7O4S/c1-19-11-12-24(34-42(7,39)40)23(14-19)29(38)36-13-9-8-10-26(36)25-15-27-32-28(20(2)16-37(27)33-25)35-17-22(18-35)31-21(3)41-30(4,5)6/h11-12,14-16,22,26,31,34H,3,8-10,13,17-18H2,1-2,4-7H3/t26-/m0/s1. The van der Waals surface area contributed by atoms with Crippen molar-refractivity contribution >= 4 is 33.1 Å². The van der Waals surface area contributed by atoms with E-state index in [0.29, 0.717) is 18.0 Å². The third-order valence-corrected chi connectivity index (χ3v) is 8.00. The first-order valence-electron chi connectivity index (χ1n) is 14.3. The molecule has 42 heavy (non-hydrogen) atoms. The minimum absolute atomic E-state index is 0.215. The van der Waals surface area contributed by atoms with Crippen LogP contribution in [0.1, 0.15) is 73.3 Å². The number of hydrogen-bond acceptors (Lipinski definition) is 8. The molecule has 0 radical (unpaired) electrons. The van der Waals surface area contributed by atoms with Crippen LogP contribution in [-0.2, 0) is 14.8 Å². The summed E-state index contributed by atoms with van der Waals surface area (Å²) < 4.78 is 34.1. The number of aromatic nitrogens is 3. The highest BCUT2D eigenvalue weighted by atomic mass is 32.2. The topological polar surface area (TPSA) is 121 Å². The molecule has 226 valence electrons. The second-order valence-corrected chi connectivity index (χ2v) is 14.2. The van der Waals surface area contributed by atoms with E-state index in [4.69, 9.17) is 14.8 Å². The highest BCUT2D eigenvalue weighted by Gasteiger charge is 2.33. The summed E-state index contributed by atoms with van der Waals surface area (Å²) in [6.07, 6.45) is 5.67. The van der Waals surface area contributed by atoms with Crippen LogP contribution in [0, 0.1) is 13.8 Å². The van der Waals surface area contributed by atoms with Crippen LogP contribution in [0.15, 0.2) is 42.9 Å². The van der Waals surface area contributed by atoms with Gasteiger partial charge in [-0.05, 0) is 72.6 Å². The number of fused-ring (bicyclic) bond motifs is 1. The second-order valence-electron chi connectivity index (χ2n) is 12.4. The summed E-state index contributed by atoms with van der Waals surface area (Å²) in [6.45, 7) is 16.0. The first-order chi connectivity index (χ1) is 19.7. The van der Waals surface area contributed by atoms with Crippen LogP contribution in [0.2, 0.25) is 0 Å². The molecule has 0 aliphatic carbocycles. The van der Waals surface area contributed by atoms with Gasteiger partial charge in [0.15, 0.2) is 11.5 Å². The Hall–Kier alpha value is -3.80. The first kappa shape index (κ1) is 29.7. The molecule has 1 aromatic carbocycles. The lowest BCUT2D eigenvalue weighted by Gasteiger charge is -2.42. The predicted molar refractivity (Wildman–Crippen MR) is 164 cm³/mol. The molecule has 11 nitrogen and oxygen atoms in total. The number of nitrogens with zero attached hydrogens (tertiary/aromatic N) is 5. The molecule has 12 heteroatoms. The molecule has 2 N–H and O–H groups in total. The molecule has 0 spiro atoms. The summed E-state index contributed by atoms with van der Waals surface area (Å²) in [7, 11) is -3.55. The van der Waals surface area contributed by atoms with Crippen molar-refractivity contribution in [1.82, 2.24) is 24.8 Å². The van der Waals surface area contributed by atoms with Crippen LogP contribution >= 0.6 is 0 Å². The largest absolute Gasteiger partial charge is 0.474 e. The van der Waals surface area contributed by atoms with Crippen molar-refractivity contribution < 1.29 is 17.9 Å². The average molecular weight is 596 g/mol. The summed E-state index contributed by atoms with van der Waals surface area (Å²) in [5, 5.41) is 8.19. The van der Waals surface area contributed by atoms with Crippen molar-refractivity contribution in [1.29, 1.82) is 0 Å². The van der Waals surface area contributed by atoms with Gasteiger partial charge < -0.3 is 19.9 Å². The number of anilines is 2. The summed E-state index contributed by atoms with van der Waals surface area (Å²) in [6, 6.07) is 7.11. The fourth-order valence-electron chi connectivity index (χ4n) is 5.63. The van der Waals surface area contributed by atoms with Crippen molar-refractivity contribution in [2.24, 2.45) is 0 Å². The molecule has 2 fully saturated rings. The van der Waals surface area contributed by atoms with E-state index in [2.05, 4.69) is 21.5 Å². The van der Waals surface area contributed by atoms with Gasteiger partial charge in [-0.25, -0.2) is 17.9 Å². The minimum Gasteiger partial charge on any atom is -0.474 e. The van der Waals surface area contributed by atoms with Crippen molar-refractivity contribution in [3.63, 3.8) is 0 Å². The van der Waals surface area contributed by atoms with Crippen LogP contribution in [-0.4, -0.2) is 71.4 Å². The maximum Gasteiger partial charge on any atom is 0.256 e. The van der Waals surface area contributed by atoms with Gasteiger partial charge in [-0.3, -0.25) is 9.52 Å². The molecule has 2 aliphatic rings. The van der Waals surface area contributed by atoms with Crippen LogP contribution in [0.5, 0.6) is 0 Å². The van der Waals surface area contributed by atoms with Gasteiger partial charge in [-0.1, -0.05) is 11.6 Å². The molecule has 1 amide bonds. The molecular weight excluding hydrogens is 554 g/mol. The van der Waals surface area contributed by atoms with Gasteiger partial charge in [0, 0.05) is 37.5 Å². The number of benzene rings is 1. The Kier molecular flexibility index (Phi) is 7.86. The number of ether oxygens (including phenoxy) is 1. The molecule has 2 saturated heterocycles. The van der Waals surface area contributed by atoms with Crippen LogP contribution in [0.3, 0.4) is 0 Å². The number of aryl methyl sites for hydroxylation is 2. The molecular formula is C30H41N7O4S. The van der Waals surface area contributed by atoms with Gasteiger partial charge in [-0.15, -0.1) is 0 Å². The Morgan fingerprint density at radius 3 is 2.57 bits per heavy atom. The normalized spacial score (nSPS) is 18.1. The van der Waals surface area contributed by atoms with Crippen molar-refractivity contribution in [2.45, 2.75) is 71.6 Å². The molecule has 0 saturated carbocycles. The lowest BCUT2D eigenvalue weighted by molar-refractivity contribution is 0.0373. The number of sulfonamides is 1. The van der Waals surface area contributed by atoms with Gasteiger partial charge >= 0.3 is 0 Å². The maximum absolute atomic E-state index is 13.9. The Morgan fingerprint density at radius 2 is 1.88 bits per heavy atom. The zero-order chi connectivity index (χ0) is 30.4. The quantitative estimate of drug-likeness (QED) is 0.373. The number of nitrogens with one attached hydrogen (secondary N) is 2. The second kappa shape index (κ2) is 11.1. The monoisotopic (exact) mass is 595 g/mol. The molecule has 5 rings (SSSR count). The molecule has 0 bridgehead atoms. The maximum atomic E-state index is 13.9. The first-order valence-corrected chi connectivity index (χ1v) is 16.2. The fourth-order valence-corrected chi connectivity index (χ4v) is 6.21. The summed E-state index contributed by atoms with van der Waals surface area (Å²) in [5.41, 5.74) is 3.69. The van der Waals surface area contributed by atoms with Crippen LogP contribution in [0.25, 0.3) is 5.65 Å². The van der Waals surface area contributed by atoms with E-state index >= 15 is 0 Å². The van der Waals surface area contributed by atoms with Crippen molar-refractivity contribution in [2.75, 3.05) is 35.5 Å². The molecule has 4 heterocycles. The number of carbonyl (C=O) groups is 1. The van der Waals surface area contributed by atoms with E-state index in [1.807, 2.05) is 51.8 Å². The highest BCUT2D eigenvalue weighted by Crippen LogP contribution is 2.34. The van der Waals surface area contributed by atoms with Gasteiger partial charge in [0.05, 0.1) is 35.3 Å². The van der Waals surface area contributed by atoms with Gasteiger partial charge in [0.2, 0.25) is 10.0 Å². The number of hydrogen-bond donors (Lipinski definition) is 2. The Morgan fingerprint density at radius 1 is 1.14 bits per heavy atom. The minimum atomic E-state index is -3.55. The van der Waals surface area contributed by atoms with E-state index in [-0.39, 0.29) is 29.3 Å². The molecule has 3 aromatic rings. The smallest absolute Gasteiger partial charge is 0.256 e. The SMILES string of the molecule is C=C(NC1CN(c2nc3cc([C@@H]4CCCCN4C(=O)c4cc(C)ccc4NS(C)(=O)=O)nn3cc2C)C1)OC(C)(C)C. The Labute approximate surface area is 248 Å². The highest BCUT2D eigenvalue weighted by molar-refractivity contribution is 7.92. The van der Waals surface area contributed by atoms with E-state index in [9.17, 15) is 13.2 Å². The molecule has 2 aliphatic heterocycles. The van der Waals surface area contributed by atoms with Crippen molar-refractivity contribution in [3.05, 3.63) is 65.3 Å². The Balaban J connectivity index is 1.36. The number of piperidine rings is 1. The zero-order valence-electron chi connectivity index (χ0n) is 25.3. The molecule has 2 aromatic heterocycles. The average Bonchev–Trinajstić information content (AvgIpc) is 3.27. The van der Waals surface area contributed by atoms with E-state index in [1.165, 1.54) is 0 Å². The summed E-state index contributed by atoms with van der Waals surface area (Å²) in [4.78, 5) is 22.9. The summed E-state index contributed by atoms with van der Waals surface area (Å²) >= 11 is 0. The number of carbonyl (C=O) groups excluding carboxylic acids is 1. The van der Waals surface area contributed by atoms with Gasteiger partial charge in [0.1, 0.15) is 11.4 Å².